The smallest absolute Gasteiger partial charge is 0.0784 e. The second-order valence-electron chi connectivity index (χ2n) is 4.85. The molecule has 0 aliphatic carbocycles. The summed E-state index contributed by atoms with van der Waals surface area (Å²) in [4.78, 5) is 0. The normalized spacial score (nSPS) is 25.3. The van der Waals surface area contributed by atoms with Crippen LogP contribution in [0.15, 0.2) is 0 Å². The Hall–Kier alpha value is -0.160. The molecule has 1 aliphatic rings. The molecule has 0 saturated carbocycles. The average molecular weight is 230 g/mol. The first-order chi connectivity index (χ1) is 7.67. The van der Waals surface area contributed by atoms with E-state index in [4.69, 9.17) is 4.74 Å². The Bertz CT molecular complexity index is 180. The largest absolute Gasteiger partial charge is 0.389 e. The second-order valence-corrected chi connectivity index (χ2v) is 4.85. The van der Waals surface area contributed by atoms with Gasteiger partial charge in [0.2, 0.25) is 0 Å². The standard InChI is InChI=1S/C12H26N2O2/c1-12(15,6-8-13-9-10-16-2)11-5-3-4-7-14-11/h11,13-15H,3-10H2,1-2H3. The topological polar surface area (TPSA) is 53.5 Å². The predicted octanol–water partition coefficient (Wildman–Crippen LogP) is 0.506. The number of hydrogen-bond acceptors (Lipinski definition) is 4. The second kappa shape index (κ2) is 7.22. The molecule has 0 bridgehead atoms. The summed E-state index contributed by atoms with van der Waals surface area (Å²) in [5.74, 6) is 0. The quantitative estimate of drug-likeness (QED) is 0.558. The van der Waals surface area contributed by atoms with Gasteiger partial charge in [-0.1, -0.05) is 6.42 Å². The molecule has 0 spiro atoms. The molecule has 2 unspecified atom stereocenters. The first-order valence-corrected chi connectivity index (χ1v) is 6.32. The maximum atomic E-state index is 10.4. The van der Waals surface area contributed by atoms with Crippen molar-refractivity contribution in [2.45, 2.75) is 44.2 Å². The van der Waals surface area contributed by atoms with Gasteiger partial charge in [0.1, 0.15) is 0 Å². The molecule has 4 nitrogen and oxygen atoms in total. The van der Waals surface area contributed by atoms with Crippen LogP contribution in [0.25, 0.3) is 0 Å². The molecule has 0 aromatic carbocycles. The average Bonchev–Trinajstić information content (AvgIpc) is 2.30. The SMILES string of the molecule is COCCNCCC(C)(O)C1CCCCN1. The van der Waals surface area contributed by atoms with Crippen molar-refractivity contribution >= 4 is 0 Å². The summed E-state index contributed by atoms with van der Waals surface area (Å²) in [6, 6.07) is 0.255. The van der Waals surface area contributed by atoms with Crippen molar-refractivity contribution in [2.75, 3.05) is 33.4 Å². The van der Waals surface area contributed by atoms with Crippen LogP contribution in [0.3, 0.4) is 0 Å². The molecular formula is C12H26N2O2. The van der Waals surface area contributed by atoms with E-state index in [-0.39, 0.29) is 6.04 Å². The van der Waals surface area contributed by atoms with Gasteiger partial charge in [0.05, 0.1) is 12.2 Å². The van der Waals surface area contributed by atoms with Crippen LogP contribution in [0.5, 0.6) is 0 Å². The predicted molar refractivity (Wildman–Crippen MR) is 65.6 cm³/mol. The third kappa shape index (κ3) is 4.78. The lowest BCUT2D eigenvalue weighted by molar-refractivity contribution is 0.00260. The summed E-state index contributed by atoms with van der Waals surface area (Å²) in [5, 5.41) is 17.0. The lowest BCUT2D eigenvalue weighted by Crippen LogP contribution is -2.52. The zero-order chi connectivity index (χ0) is 11.9. The molecule has 0 radical (unpaired) electrons. The van der Waals surface area contributed by atoms with Crippen LogP contribution in [-0.2, 0) is 4.74 Å². The van der Waals surface area contributed by atoms with Gasteiger partial charge in [-0.05, 0) is 39.3 Å². The van der Waals surface area contributed by atoms with Crippen LogP contribution < -0.4 is 10.6 Å². The van der Waals surface area contributed by atoms with E-state index in [1.807, 2.05) is 6.92 Å². The molecule has 1 fully saturated rings. The van der Waals surface area contributed by atoms with Crippen LogP contribution >= 0.6 is 0 Å². The summed E-state index contributed by atoms with van der Waals surface area (Å²) in [7, 11) is 1.70. The Morgan fingerprint density at radius 2 is 2.25 bits per heavy atom. The molecule has 16 heavy (non-hydrogen) atoms. The van der Waals surface area contributed by atoms with Crippen LogP contribution in [0, 0.1) is 0 Å². The highest BCUT2D eigenvalue weighted by atomic mass is 16.5. The zero-order valence-electron chi connectivity index (χ0n) is 10.6. The summed E-state index contributed by atoms with van der Waals surface area (Å²) < 4.78 is 4.95. The Labute approximate surface area is 98.8 Å². The molecule has 0 amide bonds. The fraction of sp³-hybridized carbons (Fsp3) is 1.00. The first kappa shape index (κ1) is 13.9. The van der Waals surface area contributed by atoms with Crippen molar-refractivity contribution in [2.24, 2.45) is 0 Å². The maximum Gasteiger partial charge on any atom is 0.0784 e. The molecular weight excluding hydrogens is 204 g/mol. The minimum absolute atomic E-state index is 0.255. The number of aliphatic hydroxyl groups is 1. The molecule has 1 saturated heterocycles. The van der Waals surface area contributed by atoms with E-state index in [1.165, 1.54) is 12.8 Å². The molecule has 1 heterocycles. The zero-order valence-corrected chi connectivity index (χ0v) is 10.6. The lowest BCUT2D eigenvalue weighted by Gasteiger charge is -2.36. The maximum absolute atomic E-state index is 10.4. The van der Waals surface area contributed by atoms with Gasteiger partial charge >= 0.3 is 0 Å². The lowest BCUT2D eigenvalue weighted by atomic mass is 9.87. The fourth-order valence-electron chi connectivity index (χ4n) is 2.20. The number of nitrogens with one attached hydrogen (secondary N) is 2. The summed E-state index contributed by atoms with van der Waals surface area (Å²) in [6.07, 6.45) is 4.34. The molecule has 96 valence electrons. The third-order valence-electron chi connectivity index (χ3n) is 3.35. The Balaban J connectivity index is 2.16. The van der Waals surface area contributed by atoms with E-state index in [0.29, 0.717) is 0 Å². The van der Waals surface area contributed by atoms with Crippen molar-refractivity contribution in [3.63, 3.8) is 0 Å². The van der Waals surface area contributed by atoms with E-state index >= 15 is 0 Å². The number of rotatable bonds is 7. The molecule has 1 rings (SSSR count). The van der Waals surface area contributed by atoms with E-state index in [0.717, 1.165) is 39.1 Å². The number of hydrogen-bond donors (Lipinski definition) is 3. The van der Waals surface area contributed by atoms with Crippen LogP contribution in [-0.4, -0.2) is 50.1 Å². The van der Waals surface area contributed by atoms with Crippen molar-refractivity contribution in [1.29, 1.82) is 0 Å². The number of ether oxygens (including phenoxy) is 1. The molecule has 1 aliphatic heterocycles. The molecule has 4 heteroatoms. The van der Waals surface area contributed by atoms with Gasteiger partial charge < -0.3 is 20.5 Å². The van der Waals surface area contributed by atoms with Crippen molar-refractivity contribution in [1.82, 2.24) is 10.6 Å². The van der Waals surface area contributed by atoms with Crippen LogP contribution in [0.1, 0.15) is 32.6 Å². The van der Waals surface area contributed by atoms with Gasteiger partial charge in [0.25, 0.3) is 0 Å². The van der Waals surface area contributed by atoms with E-state index in [2.05, 4.69) is 10.6 Å². The van der Waals surface area contributed by atoms with Crippen molar-refractivity contribution < 1.29 is 9.84 Å². The van der Waals surface area contributed by atoms with Gasteiger partial charge in [-0.15, -0.1) is 0 Å². The van der Waals surface area contributed by atoms with Crippen LogP contribution in [0.4, 0.5) is 0 Å². The van der Waals surface area contributed by atoms with Crippen molar-refractivity contribution in [3.8, 4) is 0 Å². The van der Waals surface area contributed by atoms with Gasteiger partial charge in [-0.2, -0.15) is 0 Å². The van der Waals surface area contributed by atoms with Gasteiger partial charge in [-0.3, -0.25) is 0 Å². The summed E-state index contributed by atoms with van der Waals surface area (Å²) in [5.41, 5.74) is -0.597. The van der Waals surface area contributed by atoms with E-state index in [9.17, 15) is 5.11 Å². The molecule has 3 N–H and O–H groups in total. The van der Waals surface area contributed by atoms with Gasteiger partial charge in [0, 0.05) is 19.7 Å². The number of methoxy groups -OCH3 is 1. The summed E-state index contributed by atoms with van der Waals surface area (Å²) >= 11 is 0. The molecule has 2 atom stereocenters. The number of piperidine rings is 1. The Morgan fingerprint density at radius 3 is 2.88 bits per heavy atom. The van der Waals surface area contributed by atoms with Crippen molar-refractivity contribution in [3.05, 3.63) is 0 Å². The van der Waals surface area contributed by atoms with E-state index < -0.39 is 5.60 Å². The highest BCUT2D eigenvalue weighted by Crippen LogP contribution is 2.21. The minimum Gasteiger partial charge on any atom is -0.389 e. The van der Waals surface area contributed by atoms with Gasteiger partial charge in [-0.25, -0.2) is 0 Å². The highest BCUT2D eigenvalue weighted by Gasteiger charge is 2.31. The summed E-state index contributed by atoms with van der Waals surface area (Å²) in [6.45, 7) is 5.40. The van der Waals surface area contributed by atoms with Crippen LogP contribution in [0.2, 0.25) is 0 Å². The molecule has 0 aromatic heterocycles. The Morgan fingerprint density at radius 1 is 1.44 bits per heavy atom. The van der Waals surface area contributed by atoms with E-state index in [1.54, 1.807) is 7.11 Å². The fourth-order valence-corrected chi connectivity index (χ4v) is 2.20. The third-order valence-corrected chi connectivity index (χ3v) is 3.35. The highest BCUT2D eigenvalue weighted by molar-refractivity contribution is 4.90. The Kier molecular flexibility index (Phi) is 6.28. The first-order valence-electron chi connectivity index (χ1n) is 6.32. The monoisotopic (exact) mass is 230 g/mol. The minimum atomic E-state index is -0.597. The van der Waals surface area contributed by atoms with Gasteiger partial charge in [0.15, 0.2) is 0 Å². The molecule has 0 aromatic rings.